The van der Waals surface area contributed by atoms with Gasteiger partial charge in [-0.2, -0.15) is 46.5 Å². The van der Waals surface area contributed by atoms with Gasteiger partial charge in [0.2, 0.25) is 5.95 Å². The summed E-state index contributed by atoms with van der Waals surface area (Å²) in [4.78, 5) is 3.48. The Morgan fingerprint density at radius 1 is 0.543 bits per heavy atom. The molecule has 0 saturated heterocycles. The number of hydrogen-bond donors (Lipinski definition) is 0. The summed E-state index contributed by atoms with van der Waals surface area (Å²) in [7, 11) is 0. The van der Waals surface area contributed by atoms with Gasteiger partial charge in [0.15, 0.2) is 0 Å². The maximum Gasteiger partial charge on any atom is 0.222 e. The molecule has 0 spiro atoms. The van der Waals surface area contributed by atoms with Crippen molar-refractivity contribution in [2.75, 3.05) is 0 Å². The lowest BCUT2D eigenvalue weighted by atomic mass is 9.89. The maximum absolute atomic E-state index is 16.9. The van der Waals surface area contributed by atoms with E-state index in [0.717, 1.165) is 18.2 Å². The lowest BCUT2D eigenvalue weighted by Gasteiger charge is -2.13. The van der Waals surface area contributed by atoms with Gasteiger partial charge in [-0.25, -0.2) is 18.2 Å². The second-order valence-electron chi connectivity index (χ2n) is 9.28. The minimum Gasteiger partial charge on any atom is -0.208 e. The molecule has 0 N–H and O–H groups in total. The van der Waals surface area contributed by atoms with Crippen LogP contribution in [-0.2, 0) is 0 Å². The summed E-state index contributed by atoms with van der Waals surface area (Å²) in [6, 6.07) is 17.0. The van der Waals surface area contributed by atoms with Crippen molar-refractivity contribution in [3.05, 3.63) is 110 Å². The number of hydrogen-bond acceptors (Lipinski definition) is 9. The molecule has 0 fully saturated rings. The van der Waals surface area contributed by atoms with E-state index in [4.69, 9.17) is 10.5 Å². The average Bonchev–Trinajstić information content (AvgIpc) is 3.56. The second-order valence-corrected chi connectivity index (χ2v) is 9.28. The van der Waals surface area contributed by atoms with Crippen molar-refractivity contribution in [2.24, 2.45) is 0 Å². The normalized spacial score (nSPS) is 12.3. The number of nitriles is 8. The van der Waals surface area contributed by atoms with E-state index in [0.29, 0.717) is 12.1 Å². The Bertz CT molecular complexity index is 2460. The van der Waals surface area contributed by atoms with Crippen LogP contribution in [0.4, 0.5) is 17.6 Å². The van der Waals surface area contributed by atoms with Crippen molar-refractivity contribution in [1.29, 1.82) is 42.1 Å². The first kappa shape index (κ1) is 29.7. The van der Waals surface area contributed by atoms with E-state index in [1.165, 1.54) is 6.07 Å². The summed E-state index contributed by atoms with van der Waals surface area (Å²) in [6.45, 7) is 0. The van der Waals surface area contributed by atoms with E-state index in [9.17, 15) is 36.0 Å². The third-order valence-electron chi connectivity index (χ3n) is 7.15. The fourth-order valence-electron chi connectivity index (χ4n) is 5.36. The summed E-state index contributed by atoms with van der Waals surface area (Å²) in [5, 5.41) is 77.8. The first-order valence-electron chi connectivity index (χ1n) is 12.4. The SMILES string of the molecule is N#CC(C#N)=C1C(c2cc(F)c(C#N)cc2F)=C(C#N)c2c1cc1c(c2F)C(=C(C#N)C#N)C(c2ccc(C#N)nc2F)=C1C#N. The molecule has 0 amide bonds. The Morgan fingerprint density at radius 2 is 1.15 bits per heavy atom. The minimum atomic E-state index is -1.37. The molecule has 46 heavy (non-hydrogen) atoms. The molecule has 2 aromatic carbocycles. The van der Waals surface area contributed by atoms with Crippen LogP contribution < -0.4 is 0 Å². The van der Waals surface area contributed by atoms with Crippen LogP contribution in [0.25, 0.3) is 33.4 Å². The Labute approximate surface area is 256 Å². The Morgan fingerprint density at radius 3 is 1.70 bits per heavy atom. The quantitative estimate of drug-likeness (QED) is 0.195. The van der Waals surface area contributed by atoms with Crippen molar-refractivity contribution < 1.29 is 17.6 Å². The highest BCUT2D eigenvalue weighted by Crippen LogP contribution is 2.56. The van der Waals surface area contributed by atoms with E-state index in [-0.39, 0.29) is 16.8 Å². The third-order valence-corrected chi connectivity index (χ3v) is 7.15. The second kappa shape index (κ2) is 11.1. The van der Waals surface area contributed by atoms with Crippen LogP contribution in [0.3, 0.4) is 0 Å². The van der Waals surface area contributed by atoms with Gasteiger partial charge in [-0.3, -0.25) is 0 Å². The zero-order chi connectivity index (χ0) is 33.4. The number of allylic oxidation sites excluding steroid dienone is 8. The summed E-state index contributed by atoms with van der Waals surface area (Å²) in [5.74, 6) is -5.16. The topological polar surface area (TPSA) is 203 Å². The van der Waals surface area contributed by atoms with Gasteiger partial charge in [-0.1, -0.05) is 0 Å². The molecule has 9 nitrogen and oxygen atoms in total. The molecular weight excluding hydrogens is 598 g/mol. The van der Waals surface area contributed by atoms with Gasteiger partial charge >= 0.3 is 0 Å². The number of halogens is 4. The van der Waals surface area contributed by atoms with Crippen LogP contribution in [0.5, 0.6) is 0 Å². The van der Waals surface area contributed by atoms with Crippen LogP contribution in [0.1, 0.15) is 44.6 Å². The predicted molar refractivity (Wildman–Crippen MR) is 148 cm³/mol. The van der Waals surface area contributed by atoms with Crippen molar-refractivity contribution in [1.82, 2.24) is 4.98 Å². The maximum atomic E-state index is 16.9. The van der Waals surface area contributed by atoms with Gasteiger partial charge in [-0.15, -0.1) is 0 Å². The Balaban J connectivity index is 1.99. The third kappa shape index (κ3) is 4.05. The van der Waals surface area contributed by atoms with E-state index < -0.39 is 95.8 Å². The van der Waals surface area contributed by atoms with E-state index in [2.05, 4.69) is 4.98 Å². The smallest absolute Gasteiger partial charge is 0.208 e. The van der Waals surface area contributed by atoms with Crippen LogP contribution in [0.2, 0.25) is 0 Å². The summed E-state index contributed by atoms with van der Waals surface area (Å²) < 4.78 is 62.2. The van der Waals surface area contributed by atoms with Crippen LogP contribution in [0, 0.1) is 114 Å². The Hall–Kier alpha value is -7.81. The molecule has 1 heterocycles. The molecule has 0 radical (unpaired) electrons. The van der Waals surface area contributed by atoms with Crippen LogP contribution in [-0.4, -0.2) is 4.98 Å². The van der Waals surface area contributed by atoms with Crippen molar-refractivity contribution in [2.45, 2.75) is 0 Å². The van der Waals surface area contributed by atoms with Crippen molar-refractivity contribution in [3.8, 4) is 48.6 Å². The van der Waals surface area contributed by atoms with E-state index >= 15 is 13.2 Å². The zero-order valence-electron chi connectivity index (χ0n) is 22.4. The predicted octanol–water partition coefficient (Wildman–Crippen LogP) is 5.88. The highest BCUT2D eigenvalue weighted by Gasteiger charge is 2.42. The molecule has 2 aliphatic rings. The van der Waals surface area contributed by atoms with Gasteiger partial charge in [0.25, 0.3) is 0 Å². The number of aromatic nitrogens is 1. The molecule has 5 rings (SSSR count). The number of fused-ring (bicyclic) bond motifs is 2. The first-order chi connectivity index (χ1) is 22.1. The molecule has 1 aromatic heterocycles. The van der Waals surface area contributed by atoms with Gasteiger partial charge in [0.1, 0.15) is 82.8 Å². The zero-order valence-corrected chi connectivity index (χ0v) is 22.4. The van der Waals surface area contributed by atoms with E-state index in [1.54, 1.807) is 42.5 Å². The number of nitrogens with zero attached hydrogens (tertiary/aromatic N) is 9. The Kier molecular flexibility index (Phi) is 7.17. The molecule has 2 aliphatic carbocycles. The molecule has 0 bridgehead atoms. The highest BCUT2D eigenvalue weighted by atomic mass is 19.1. The fraction of sp³-hybridized carbons (Fsp3) is 0. The summed E-state index contributed by atoms with van der Waals surface area (Å²) in [6.07, 6.45) is 0. The molecule has 13 heteroatoms. The molecule has 0 saturated carbocycles. The van der Waals surface area contributed by atoms with Crippen LogP contribution >= 0.6 is 0 Å². The van der Waals surface area contributed by atoms with Gasteiger partial charge in [0.05, 0.1) is 16.7 Å². The van der Waals surface area contributed by atoms with Gasteiger partial charge < -0.3 is 0 Å². The van der Waals surface area contributed by atoms with E-state index in [1.807, 2.05) is 0 Å². The van der Waals surface area contributed by atoms with Crippen LogP contribution in [0.15, 0.2) is 41.5 Å². The molecule has 0 atom stereocenters. The number of rotatable bonds is 2. The number of pyridine rings is 1. The van der Waals surface area contributed by atoms with Crippen molar-refractivity contribution >= 4 is 33.4 Å². The largest absolute Gasteiger partial charge is 0.222 e. The standard InChI is InChI=1S/C33H5F4N9/c34-24-5-20(25(35)3-14(24)6-38)29-23(13-45)30-21(26(29)15(7-39)8-40)4-19-22(12-44)28(18-2-1-17(11-43)46-33(18)37)27(16(9-41)10-42)31(19)32(30)36/h1-5H. The molecule has 0 aliphatic heterocycles. The monoisotopic (exact) mass is 603 g/mol. The highest BCUT2D eigenvalue weighted by molar-refractivity contribution is 6.30. The fourth-order valence-corrected chi connectivity index (χ4v) is 5.36. The summed E-state index contributed by atoms with van der Waals surface area (Å²) >= 11 is 0. The minimum absolute atomic E-state index is 0.353. The first-order valence-corrected chi connectivity index (χ1v) is 12.4. The lowest BCUT2D eigenvalue weighted by molar-refractivity contribution is 0.579. The molecule has 3 aromatic rings. The molecule has 210 valence electrons. The van der Waals surface area contributed by atoms with Gasteiger partial charge in [-0.05, 0) is 35.9 Å². The summed E-state index contributed by atoms with van der Waals surface area (Å²) in [5.41, 5.74) is -9.05. The number of benzene rings is 2. The molecule has 0 unspecified atom stereocenters. The molecular formula is C33H5F4N9. The van der Waals surface area contributed by atoms with Gasteiger partial charge in [0, 0.05) is 50.1 Å². The lowest BCUT2D eigenvalue weighted by Crippen LogP contribution is -2.01. The average molecular weight is 603 g/mol. The van der Waals surface area contributed by atoms with Crippen molar-refractivity contribution in [3.63, 3.8) is 0 Å².